The summed E-state index contributed by atoms with van der Waals surface area (Å²) >= 11 is 0. The number of anilines is 2. The molecule has 0 N–H and O–H groups in total. The minimum Gasteiger partial charge on any atom is -0.497 e. The van der Waals surface area contributed by atoms with Gasteiger partial charge in [0.1, 0.15) is 5.75 Å². The zero-order valence-corrected chi connectivity index (χ0v) is 18.4. The molecule has 0 aromatic heterocycles. The van der Waals surface area contributed by atoms with Crippen LogP contribution in [-0.4, -0.2) is 56.2 Å². The van der Waals surface area contributed by atoms with Crippen LogP contribution in [0.25, 0.3) is 5.57 Å². The molecule has 4 rings (SSSR count). The minimum atomic E-state index is -0.383. The average molecular weight is 406 g/mol. The standard InChI is InChI=1S/C25H31N3O2/c1-19-17-25(2,3)28(23-16-21(30-4)10-11-22(19)23)24(29)18-26-12-14-27(15-13-26)20-8-6-5-7-9-20/h5-11,16-17H,12-15,18H2,1-4H3. The predicted molar refractivity (Wildman–Crippen MR) is 123 cm³/mol. The summed E-state index contributed by atoms with van der Waals surface area (Å²) in [5, 5.41) is 0. The Balaban J connectivity index is 1.49. The highest BCUT2D eigenvalue weighted by Gasteiger charge is 2.36. The summed E-state index contributed by atoms with van der Waals surface area (Å²) in [6.07, 6.45) is 2.19. The first-order valence-corrected chi connectivity index (χ1v) is 10.6. The van der Waals surface area contributed by atoms with Gasteiger partial charge in [-0.1, -0.05) is 24.3 Å². The Morgan fingerprint density at radius 1 is 1.03 bits per heavy atom. The Bertz CT molecular complexity index is 944. The van der Waals surface area contributed by atoms with Gasteiger partial charge in [0.15, 0.2) is 0 Å². The van der Waals surface area contributed by atoms with Crippen LogP contribution in [0.3, 0.4) is 0 Å². The molecule has 2 aromatic carbocycles. The molecule has 2 heterocycles. The largest absolute Gasteiger partial charge is 0.497 e. The van der Waals surface area contributed by atoms with E-state index in [9.17, 15) is 4.79 Å². The molecule has 2 aliphatic heterocycles. The van der Waals surface area contributed by atoms with Crippen molar-refractivity contribution in [3.05, 3.63) is 60.2 Å². The number of carbonyl (C=O) groups excluding carboxylic acids is 1. The van der Waals surface area contributed by atoms with Crippen molar-refractivity contribution < 1.29 is 9.53 Å². The molecule has 0 radical (unpaired) electrons. The lowest BCUT2D eigenvalue weighted by Gasteiger charge is -2.43. The smallest absolute Gasteiger partial charge is 0.241 e. The van der Waals surface area contributed by atoms with Crippen LogP contribution in [0, 0.1) is 0 Å². The van der Waals surface area contributed by atoms with E-state index in [0.29, 0.717) is 6.54 Å². The molecule has 0 atom stereocenters. The normalized spacial score (nSPS) is 18.6. The van der Waals surface area contributed by atoms with Crippen LogP contribution >= 0.6 is 0 Å². The summed E-state index contributed by atoms with van der Waals surface area (Å²) in [6, 6.07) is 16.5. The highest BCUT2D eigenvalue weighted by molar-refractivity contribution is 6.01. The number of piperazine rings is 1. The average Bonchev–Trinajstić information content (AvgIpc) is 2.73. The summed E-state index contributed by atoms with van der Waals surface area (Å²) in [5.41, 5.74) is 4.09. The van der Waals surface area contributed by atoms with Crippen molar-refractivity contribution in [1.29, 1.82) is 0 Å². The third kappa shape index (κ3) is 3.94. The lowest BCUT2D eigenvalue weighted by molar-refractivity contribution is -0.120. The molecule has 0 unspecified atom stereocenters. The Kier molecular flexibility index (Phi) is 5.56. The molecule has 30 heavy (non-hydrogen) atoms. The van der Waals surface area contributed by atoms with Crippen molar-refractivity contribution in [3.8, 4) is 5.75 Å². The Morgan fingerprint density at radius 2 is 1.73 bits per heavy atom. The molecule has 158 valence electrons. The van der Waals surface area contributed by atoms with E-state index in [-0.39, 0.29) is 11.4 Å². The van der Waals surface area contributed by atoms with E-state index >= 15 is 0 Å². The van der Waals surface area contributed by atoms with E-state index in [4.69, 9.17) is 4.74 Å². The number of hydrogen-bond donors (Lipinski definition) is 0. The monoisotopic (exact) mass is 405 g/mol. The molecule has 0 saturated carbocycles. The summed E-state index contributed by atoms with van der Waals surface area (Å²) in [6.45, 7) is 10.4. The maximum absolute atomic E-state index is 13.5. The molecular formula is C25H31N3O2. The van der Waals surface area contributed by atoms with Crippen LogP contribution < -0.4 is 14.5 Å². The van der Waals surface area contributed by atoms with Gasteiger partial charge in [0, 0.05) is 43.5 Å². The van der Waals surface area contributed by atoms with Gasteiger partial charge in [0.25, 0.3) is 0 Å². The fourth-order valence-corrected chi connectivity index (χ4v) is 4.66. The molecule has 1 amide bonds. The number of ether oxygens (including phenoxy) is 1. The van der Waals surface area contributed by atoms with E-state index in [1.165, 1.54) is 11.3 Å². The number of amides is 1. The van der Waals surface area contributed by atoms with Gasteiger partial charge >= 0.3 is 0 Å². The number of methoxy groups -OCH3 is 1. The quantitative estimate of drug-likeness (QED) is 0.769. The Hall–Kier alpha value is -2.79. The van der Waals surface area contributed by atoms with Crippen LogP contribution in [0.1, 0.15) is 26.3 Å². The molecule has 2 aromatic rings. The summed E-state index contributed by atoms with van der Waals surface area (Å²) in [7, 11) is 1.66. The lowest BCUT2D eigenvalue weighted by Crippen LogP contribution is -2.55. The second-order valence-electron chi connectivity index (χ2n) is 8.69. The van der Waals surface area contributed by atoms with E-state index in [0.717, 1.165) is 43.2 Å². The van der Waals surface area contributed by atoms with E-state index in [1.807, 2.05) is 29.2 Å². The number of carbonyl (C=O) groups is 1. The van der Waals surface area contributed by atoms with Crippen molar-refractivity contribution in [3.63, 3.8) is 0 Å². The fraction of sp³-hybridized carbons (Fsp3) is 0.400. The minimum absolute atomic E-state index is 0.131. The van der Waals surface area contributed by atoms with Gasteiger partial charge in [-0.2, -0.15) is 0 Å². The first-order valence-electron chi connectivity index (χ1n) is 10.6. The van der Waals surface area contributed by atoms with Crippen molar-refractivity contribution in [2.24, 2.45) is 0 Å². The van der Waals surface area contributed by atoms with Gasteiger partial charge < -0.3 is 14.5 Å². The lowest BCUT2D eigenvalue weighted by atomic mass is 9.88. The molecule has 5 nitrogen and oxygen atoms in total. The molecular weight excluding hydrogens is 374 g/mol. The van der Waals surface area contributed by atoms with Crippen LogP contribution in [0.15, 0.2) is 54.6 Å². The third-order valence-corrected chi connectivity index (χ3v) is 6.12. The van der Waals surface area contributed by atoms with Crippen molar-refractivity contribution in [2.45, 2.75) is 26.3 Å². The molecule has 0 spiro atoms. The fourth-order valence-electron chi connectivity index (χ4n) is 4.66. The number of allylic oxidation sites excluding steroid dienone is 1. The second kappa shape index (κ2) is 8.15. The first kappa shape index (κ1) is 20.5. The summed E-state index contributed by atoms with van der Waals surface area (Å²) in [5.74, 6) is 0.903. The molecule has 1 fully saturated rings. The van der Waals surface area contributed by atoms with Crippen LogP contribution in [-0.2, 0) is 4.79 Å². The zero-order valence-electron chi connectivity index (χ0n) is 18.4. The molecule has 0 aliphatic carbocycles. The van der Waals surface area contributed by atoms with Gasteiger partial charge in [-0.25, -0.2) is 0 Å². The SMILES string of the molecule is COc1ccc2c(c1)N(C(=O)CN1CCN(c3ccccc3)CC1)C(C)(C)C=C2C. The maximum atomic E-state index is 13.5. The number of para-hydroxylation sites is 1. The Labute approximate surface area is 179 Å². The van der Waals surface area contributed by atoms with E-state index < -0.39 is 0 Å². The van der Waals surface area contributed by atoms with Gasteiger partial charge in [-0.3, -0.25) is 9.69 Å². The highest BCUT2D eigenvalue weighted by Crippen LogP contribution is 2.40. The van der Waals surface area contributed by atoms with Gasteiger partial charge in [-0.05, 0) is 50.6 Å². The van der Waals surface area contributed by atoms with Crippen LogP contribution in [0.4, 0.5) is 11.4 Å². The number of rotatable bonds is 4. The van der Waals surface area contributed by atoms with Crippen LogP contribution in [0.2, 0.25) is 0 Å². The maximum Gasteiger partial charge on any atom is 0.241 e. The van der Waals surface area contributed by atoms with Gasteiger partial charge in [0.2, 0.25) is 5.91 Å². The van der Waals surface area contributed by atoms with E-state index in [2.05, 4.69) is 60.9 Å². The number of fused-ring (bicyclic) bond motifs is 1. The summed E-state index contributed by atoms with van der Waals surface area (Å²) in [4.78, 5) is 20.1. The molecule has 1 saturated heterocycles. The van der Waals surface area contributed by atoms with Crippen molar-refractivity contribution in [1.82, 2.24) is 4.90 Å². The van der Waals surface area contributed by atoms with Crippen molar-refractivity contribution in [2.75, 3.05) is 49.6 Å². The Morgan fingerprint density at radius 3 is 2.40 bits per heavy atom. The topological polar surface area (TPSA) is 36.0 Å². The highest BCUT2D eigenvalue weighted by atomic mass is 16.5. The molecule has 2 aliphatic rings. The first-order chi connectivity index (χ1) is 14.4. The third-order valence-electron chi connectivity index (χ3n) is 6.12. The summed E-state index contributed by atoms with van der Waals surface area (Å²) < 4.78 is 5.44. The zero-order chi connectivity index (χ0) is 21.3. The molecule has 5 heteroatoms. The molecule has 0 bridgehead atoms. The van der Waals surface area contributed by atoms with Crippen molar-refractivity contribution >= 4 is 22.9 Å². The number of nitrogens with zero attached hydrogens (tertiary/aromatic N) is 3. The number of benzene rings is 2. The predicted octanol–water partition coefficient (Wildman–Crippen LogP) is 4.05. The van der Waals surface area contributed by atoms with Gasteiger partial charge in [0.05, 0.1) is 24.9 Å². The second-order valence-corrected chi connectivity index (χ2v) is 8.69. The van der Waals surface area contributed by atoms with Gasteiger partial charge in [-0.15, -0.1) is 0 Å². The number of hydrogen-bond acceptors (Lipinski definition) is 4. The van der Waals surface area contributed by atoms with Crippen LogP contribution in [0.5, 0.6) is 5.75 Å². The van der Waals surface area contributed by atoms with E-state index in [1.54, 1.807) is 7.11 Å².